The van der Waals surface area contributed by atoms with Gasteiger partial charge in [-0.05, 0) is 0 Å². The Balaban J connectivity index is 3.05. The molecule has 0 saturated heterocycles. The number of halogens is 4. The van der Waals surface area contributed by atoms with Gasteiger partial charge in [-0.1, -0.05) is 0 Å². The zero-order chi connectivity index (χ0) is 11.6. The quantitative estimate of drug-likeness (QED) is 0.585. The van der Waals surface area contributed by atoms with E-state index in [-0.39, 0.29) is 17.9 Å². The summed E-state index contributed by atoms with van der Waals surface area (Å²) >= 11 is 0. The molecule has 0 atom stereocenters. The molecule has 0 fully saturated rings. The second-order valence-corrected chi connectivity index (χ2v) is 2.57. The number of alkyl halides is 3. The molecule has 0 amide bonds. The van der Waals surface area contributed by atoms with Crippen LogP contribution in [0.1, 0.15) is 5.69 Å². The minimum absolute atomic E-state index is 0.0259. The summed E-state index contributed by atoms with van der Waals surface area (Å²) < 4.78 is 51.5. The van der Waals surface area contributed by atoms with Crippen LogP contribution in [-0.2, 0) is 6.54 Å². The van der Waals surface area contributed by atoms with Gasteiger partial charge in [0.15, 0.2) is 5.75 Å². The van der Waals surface area contributed by atoms with E-state index >= 15 is 0 Å². The van der Waals surface area contributed by atoms with Gasteiger partial charge in [-0.3, -0.25) is 0 Å². The smallest absolute Gasteiger partial charge is 0.401 e. The van der Waals surface area contributed by atoms with Crippen molar-refractivity contribution < 1.29 is 22.3 Å². The summed E-state index contributed by atoms with van der Waals surface area (Å²) in [6.07, 6.45) is -4.99. The highest BCUT2D eigenvalue weighted by molar-refractivity contribution is 5.47. The van der Waals surface area contributed by atoms with Gasteiger partial charge in [0.2, 0.25) is 0 Å². The fourth-order valence-corrected chi connectivity index (χ4v) is 0.882. The Morgan fingerprint density at radius 3 is 2.47 bits per heavy atom. The van der Waals surface area contributed by atoms with Crippen LogP contribution in [0.25, 0.3) is 0 Å². The van der Waals surface area contributed by atoms with Crippen molar-refractivity contribution in [3.63, 3.8) is 0 Å². The summed E-state index contributed by atoms with van der Waals surface area (Å²) in [6, 6.07) is 0.692. The monoisotopic (exact) mass is 225 g/mol. The number of rotatable bonds is 2. The fraction of sp³-hybridized carbons (Fsp3) is 0.286. The number of hydrogen-bond acceptors (Lipinski definition) is 4. The van der Waals surface area contributed by atoms with E-state index in [1.807, 2.05) is 0 Å². The van der Waals surface area contributed by atoms with Crippen LogP contribution in [0.2, 0.25) is 0 Å². The normalized spacial score (nSPS) is 11.5. The summed E-state index contributed by atoms with van der Waals surface area (Å²) in [7, 11) is 0. The number of aromatic nitrogens is 1. The zero-order valence-electron chi connectivity index (χ0n) is 7.31. The van der Waals surface area contributed by atoms with Gasteiger partial charge in [0.1, 0.15) is 0 Å². The third-order valence-corrected chi connectivity index (χ3v) is 1.48. The molecule has 0 aromatic carbocycles. The van der Waals surface area contributed by atoms with E-state index in [2.05, 4.69) is 9.72 Å². The Morgan fingerprint density at radius 2 is 2.00 bits per heavy atom. The van der Waals surface area contributed by atoms with Crippen molar-refractivity contribution in [2.24, 2.45) is 5.73 Å². The van der Waals surface area contributed by atoms with E-state index in [0.29, 0.717) is 6.07 Å². The Hall–Kier alpha value is -1.57. The molecular weight excluding hydrogens is 218 g/mol. The molecule has 84 valence electrons. The third-order valence-electron chi connectivity index (χ3n) is 1.48. The average Bonchev–Trinajstić information content (AvgIpc) is 2.08. The minimum Gasteiger partial charge on any atom is -0.401 e. The highest BCUT2D eigenvalue weighted by Gasteiger charge is 2.33. The number of anilines is 1. The Labute approximate surface area is 81.8 Å². The van der Waals surface area contributed by atoms with Gasteiger partial charge < -0.3 is 16.2 Å². The van der Waals surface area contributed by atoms with Gasteiger partial charge in [-0.25, -0.2) is 4.98 Å². The molecule has 1 heterocycles. The maximum atomic E-state index is 12.9. The van der Waals surface area contributed by atoms with Crippen molar-refractivity contribution in [1.29, 1.82) is 0 Å². The molecule has 0 aliphatic carbocycles. The summed E-state index contributed by atoms with van der Waals surface area (Å²) in [6.45, 7) is -0.172. The lowest BCUT2D eigenvalue weighted by Gasteiger charge is -2.10. The molecule has 0 aliphatic heterocycles. The molecule has 1 aromatic heterocycles. The first kappa shape index (κ1) is 11.5. The minimum atomic E-state index is -4.99. The van der Waals surface area contributed by atoms with Gasteiger partial charge >= 0.3 is 6.36 Å². The molecule has 0 bridgehead atoms. The predicted octanol–water partition coefficient (Wildman–Crippen LogP) is 1.16. The molecule has 1 aromatic rings. The maximum absolute atomic E-state index is 12.9. The highest BCUT2D eigenvalue weighted by atomic mass is 19.4. The Morgan fingerprint density at radius 1 is 1.40 bits per heavy atom. The van der Waals surface area contributed by atoms with Crippen molar-refractivity contribution in [2.45, 2.75) is 12.9 Å². The van der Waals surface area contributed by atoms with Crippen LogP contribution in [-0.4, -0.2) is 11.3 Å². The topological polar surface area (TPSA) is 74.2 Å². The highest BCUT2D eigenvalue weighted by Crippen LogP contribution is 2.27. The maximum Gasteiger partial charge on any atom is 0.573 e. The van der Waals surface area contributed by atoms with Crippen LogP contribution in [0.3, 0.4) is 0 Å². The van der Waals surface area contributed by atoms with Gasteiger partial charge in [0.25, 0.3) is 5.95 Å². The molecule has 0 spiro atoms. The molecular formula is C7H7F4N3O. The van der Waals surface area contributed by atoms with E-state index in [0.717, 1.165) is 0 Å². The zero-order valence-corrected chi connectivity index (χ0v) is 7.31. The molecule has 15 heavy (non-hydrogen) atoms. The predicted molar refractivity (Wildman–Crippen MR) is 43.2 cm³/mol. The largest absolute Gasteiger partial charge is 0.573 e. The van der Waals surface area contributed by atoms with Crippen LogP contribution in [0.4, 0.5) is 23.2 Å². The standard InChI is InChI=1S/C7H7F4N3O/c8-6-5(15-7(9,10)11)1-3(13)4(2-12)14-6/h1H,2,12-13H2. The second-order valence-electron chi connectivity index (χ2n) is 2.57. The Kier molecular flexibility index (Phi) is 2.98. The number of pyridine rings is 1. The summed E-state index contributed by atoms with van der Waals surface area (Å²) in [4.78, 5) is 3.13. The SMILES string of the molecule is NCc1nc(F)c(OC(F)(F)F)cc1N. The summed E-state index contributed by atoms with van der Waals surface area (Å²) in [5, 5.41) is 0. The van der Waals surface area contributed by atoms with Crippen LogP contribution < -0.4 is 16.2 Å². The number of nitrogen functional groups attached to an aromatic ring is 1. The first-order valence-corrected chi connectivity index (χ1v) is 3.74. The lowest BCUT2D eigenvalue weighted by molar-refractivity contribution is -0.275. The third kappa shape index (κ3) is 2.94. The Bertz CT molecular complexity index is 366. The van der Waals surface area contributed by atoms with Crippen molar-refractivity contribution in [1.82, 2.24) is 4.98 Å². The fourth-order valence-electron chi connectivity index (χ4n) is 0.882. The number of nitrogens with zero attached hydrogens (tertiary/aromatic N) is 1. The van der Waals surface area contributed by atoms with Crippen LogP contribution in [0.5, 0.6) is 5.75 Å². The van der Waals surface area contributed by atoms with Crippen LogP contribution in [0, 0.1) is 5.95 Å². The molecule has 0 aliphatic rings. The van der Waals surface area contributed by atoms with Crippen molar-refractivity contribution >= 4 is 5.69 Å². The molecule has 4 N–H and O–H groups in total. The van der Waals surface area contributed by atoms with E-state index in [1.165, 1.54) is 0 Å². The molecule has 0 saturated carbocycles. The first-order valence-electron chi connectivity index (χ1n) is 3.74. The molecule has 4 nitrogen and oxygen atoms in total. The van der Waals surface area contributed by atoms with E-state index in [4.69, 9.17) is 11.5 Å². The lowest BCUT2D eigenvalue weighted by atomic mass is 10.3. The summed E-state index contributed by atoms with van der Waals surface area (Å²) in [5.74, 6) is -2.47. The van der Waals surface area contributed by atoms with Crippen LogP contribution >= 0.6 is 0 Å². The van der Waals surface area contributed by atoms with Gasteiger partial charge in [0.05, 0.1) is 11.4 Å². The molecule has 0 unspecified atom stereocenters. The van der Waals surface area contributed by atoms with E-state index in [9.17, 15) is 17.6 Å². The van der Waals surface area contributed by atoms with Crippen molar-refractivity contribution in [3.05, 3.63) is 17.7 Å². The van der Waals surface area contributed by atoms with Gasteiger partial charge in [0, 0.05) is 12.6 Å². The first-order chi connectivity index (χ1) is 6.83. The number of ether oxygens (including phenoxy) is 1. The van der Waals surface area contributed by atoms with Gasteiger partial charge in [-0.15, -0.1) is 13.2 Å². The van der Waals surface area contributed by atoms with E-state index < -0.39 is 18.1 Å². The van der Waals surface area contributed by atoms with Crippen LogP contribution in [0.15, 0.2) is 6.07 Å². The average molecular weight is 225 g/mol. The summed E-state index contributed by atoms with van der Waals surface area (Å²) in [5.41, 5.74) is 10.2. The molecule has 1 rings (SSSR count). The molecule has 8 heteroatoms. The van der Waals surface area contributed by atoms with Crippen molar-refractivity contribution in [2.75, 3.05) is 5.73 Å². The van der Waals surface area contributed by atoms with Gasteiger partial charge in [-0.2, -0.15) is 4.39 Å². The molecule has 0 radical (unpaired) electrons. The number of nitrogens with two attached hydrogens (primary N) is 2. The number of hydrogen-bond donors (Lipinski definition) is 2. The second kappa shape index (κ2) is 3.89. The lowest BCUT2D eigenvalue weighted by Crippen LogP contribution is -2.19. The van der Waals surface area contributed by atoms with Crippen molar-refractivity contribution in [3.8, 4) is 5.75 Å². The van der Waals surface area contributed by atoms with E-state index in [1.54, 1.807) is 0 Å².